The van der Waals surface area contributed by atoms with Gasteiger partial charge in [-0.2, -0.15) is 0 Å². The first-order chi connectivity index (χ1) is 12.6. The zero-order chi connectivity index (χ0) is 20.4. The number of carboxylic acids is 2. The second-order valence-electron chi connectivity index (χ2n) is 5.78. The number of aliphatic hydroxyl groups is 1. The normalized spacial score (nSPS) is 16.4. The summed E-state index contributed by atoms with van der Waals surface area (Å²) in [6, 6.07) is 6.41. The van der Waals surface area contributed by atoms with Gasteiger partial charge in [0.15, 0.2) is 9.84 Å². The summed E-state index contributed by atoms with van der Waals surface area (Å²) < 4.78 is 27.9. The van der Waals surface area contributed by atoms with Gasteiger partial charge in [0.2, 0.25) is 0 Å². The number of carboxylic acid groups (broad SMARTS) is 2. The summed E-state index contributed by atoms with van der Waals surface area (Å²) in [5, 5.41) is 25.8. The Morgan fingerprint density at radius 2 is 1.59 bits per heavy atom. The molecule has 0 bridgehead atoms. The zero-order valence-electron chi connectivity index (χ0n) is 14.8. The van der Waals surface area contributed by atoms with E-state index in [2.05, 4.69) is 4.90 Å². The highest BCUT2D eigenvalue weighted by Crippen LogP contribution is 2.18. The molecule has 1 atom stereocenters. The Hall–Kier alpha value is -2.27. The molecule has 0 amide bonds. The van der Waals surface area contributed by atoms with Crippen molar-refractivity contribution in [3.05, 3.63) is 42.0 Å². The molecule has 1 aliphatic rings. The van der Waals surface area contributed by atoms with Crippen LogP contribution in [0.25, 0.3) is 0 Å². The maximum absolute atomic E-state index is 11.3. The van der Waals surface area contributed by atoms with Crippen LogP contribution >= 0.6 is 0 Å². The monoisotopic (exact) mass is 401 g/mol. The average Bonchev–Trinajstić information content (AvgIpc) is 2.61. The molecule has 0 spiro atoms. The number of aliphatic carboxylic acids is 2. The van der Waals surface area contributed by atoms with Gasteiger partial charge in [0.05, 0.1) is 24.2 Å². The van der Waals surface area contributed by atoms with Crippen LogP contribution in [0.1, 0.15) is 11.7 Å². The molecule has 0 aromatic heterocycles. The topological polar surface area (TPSA) is 141 Å². The van der Waals surface area contributed by atoms with Crippen LogP contribution in [-0.2, 0) is 24.2 Å². The molecule has 1 saturated heterocycles. The quantitative estimate of drug-likeness (QED) is 0.569. The maximum Gasteiger partial charge on any atom is 0.328 e. The minimum absolute atomic E-state index is 0.273. The van der Waals surface area contributed by atoms with Crippen LogP contribution in [0.15, 0.2) is 41.3 Å². The lowest BCUT2D eigenvalue weighted by Crippen LogP contribution is -2.38. The molecule has 1 heterocycles. The van der Waals surface area contributed by atoms with Crippen molar-refractivity contribution in [1.82, 2.24) is 4.90 Å². The van der Waals surface area contributed by atoms with Crippen molar-refractivity contribution in [3.8, 4) is 0 Å². The van der Waals surface area contributed by atoms with Gasteiger partial charge in [0, 0.05) is 38.0 Å². The summed E-state index contributed by atoms with van der Waals surface area (Å²) >= 11 is 0. The minimum Gasteiger partial charge on any atom is -0.478 e. The number of benzene rings is 1. The lowest BCUT2D eigenvalue weighted by atomic mass is 10.1. The Balaban J connectivity index is 0.000000387. The second kappa shape index (κ2) is 10.8. The van der Waals surface area contributed by atoms with Crippen LogP contribution in [0.5, 0.6) is 0 Å². The van der Waals surface area contributed by atoms with E-state index in [-0.39, 0.29) is 4.90 Å². The fourth-order valence-electron chi connectivity index (χ4n) is 2.21. The summed E-state index contributed by atoms with van der Waals surface area (Å²) in [7, 11) is -3.18. The van der Waals surface area contributed by atoms with E-state index in [0.717, 1.165) is 18.7 Å². The number of ether oxygens (including phenoxy) is 1. The van der Waals surface area contributed by atoms with E-state index in [1.807, 2.05) is 0 Å². The Labute approximate surface area is 157 Å². The second-order valence-corrected chi connectivity index (χ2v) is 7.80. The SMILES string of the molecule is CS(=O)(=O)c1ccc(C(O)CN2CCOCC2)cc1.O=C(O)/C=C/C(=O)O. The first kappa shape index (κ1) is 22.8. The smallest absolute Gasteiger partial charge is 0.328 e. The van der Waals surface area contributed by atoms with E-state index in [1.165, 1.54) is 18.4 Å². The van der Waals surface area contributed by atoms with Gasteiger partial charge in [-0.3, -0.25) is 4.90 Å². The predicted molar refractivity (Wildman–Crippen MR) is 96.2 cm³/mol. The molecular weight excluding hydrogens is 378 g/mol. The molecule has 3 N–H and O–H groups in total. The molecule has 1 unspecified atom stereocenters. The molecule has 0 saturated carbocycles. The van der Waals surface area contributed by atoms with Crippen molar-refractivity contribution in [2.75, 3.05) is 39.1 Å². The summed E-state index contributed by atoms with van der Waals surface area (Å²) in [5.74, 6) is -2.51. The van der Waals surface area contributed by atoms with Crippen molar-refractivity contribution >= 4 is 21.8 Å². The predicted octanol–water partition coefficient (Wildman–Crippen LogP) is 0.168. The molecule has 1 fully saturated rings. The Morgan fingerprint density at radius 1 is 1.11 bits per heavy atom. The van der Waals surface area contributed by atoms with E-state index < -0.39 is 27.9 Å². The summed E-state index contributed by atoms with van der Waals surface area (Å²) in [6.45, 7) is 3.57. The molecule has 1 aliphatic heterocycles. The number of morpholine rings is 1. The number of β-amino-alcohol motifs (C(OH)–C–C–N with tert-alkyl or cyclic N) is 1. The van der Waals surface area contributed by atoms with Crippen LogP contribution in [0.2, 0.25) is 0 Å². The number of carbonyl (C=O) groups is 2. The lowest BCUT2D eigenvalue weighted by molar-refractivity contribution is -0.134. The average molecular weight is 401 g/mol. The van der Waals surface area contributed by atoms with Crippen molar-refractivity contribution < 1.29 is 38.1 Å². The number of aliphatic hydroxyl groups excluding tert-OH is 1. The fraction of sp³-hybridized carbons (Fsp3) is 0.412. The molecular formula is C17H23NO8S. The minimum atomic E-state index is -3.18. The first-order valence-corrected chi connectivity index (χ1v) is 9.91. The number of nitrogens with zero attached hydrogens (tertiary/aromatic N) is 1. The van der Waals surface area contributed by atoms with Crippen molar-refractivity contribution in [1.29, 1.82) is 0 Å². The summed E-state index contributed by atoms with van der Waals surface area (Å²) in [4.78, 5) is 21.5. The third-order valence-corrected chi connectivity index (χ3v) is 4.72. The number of hydrogen-bond acceptors (Lipinski definition) is 7. The maximum atomic E-state index is 11.3. The van der Waals surface area contributed by atoms with Gasteiger partial charge in [-0.1, -0.05) is 12.1 Å². The lowest BCUT2D eigenvalue weighted by Gasteiger charge is -2.28. The highest BCUT2D eigenvalue weighted by Gasteiger charge is 2.16. The molecule has 1 aromatic carbocycles. The fourth-order valence-corrected chi connectivity index (χ4v) is 2.84. The van der Waals surface area contributed by atoms with Gasteiger partial charge in [-0.15, -0.1) is 0 Å². The van der Waals surface area contributed by atoms with E-state index >= 15 is 0 Å². The largest absolute Gasteiger partial charge is 0.478 e. The van der Waals surface area contributed by atoms with Crippen LogP contribution in [0.3, 0.4) is 0 Å². The molecule has 27 heavy (non-hydrogen) atoms. The van der Waals surface area contributed by atoms with E-state index in [1.54, 1.807) is 12.1 Å². The number of hydrogen-bond donors (Lipinski definition) is 3. The molecule has 1 aromatic rings. The Bertz CT molecular complexity index is 736. The van der Waals surface area contributed by atoms with Gasteiger partial charge >= 0.3 is 11.9 Å². The summed E-state index contributed by atoms with van der Waals surface area (Å²) in [5.41, 5.74) is 0.735. The van der Waals surface area contributed by atoms with Gasteiger partial charge in [0.1, 0.15) is 0 Å². The molecule has 150 valence electrons. The molecule has 9 nitrogen and oxygen atoms in total. The van der Waals surface area contributed by atoms with Crippen LogP contribution in [0.4, 0.5) is 0 Å². The zero-order valence-corrected chi connectivity index (χ0v) is 15.6. The number of sulfone groups is 1. The van der Waals surface area contributed by atoms with Crippen molar-refractivity contribution in [2.45, 2.75) is 11.0 Å². The van der Waals surface area contributed by atoms with Crippen LogP contribution in [0, 0.1) is 0 Å². The molecule has 10 heteroatoms. The third-order valence-electron chi connectivity index (χ3n) is 3.60. The van der Waals surface area contributed by atoms with Crippen LogP contribution < -0.4 is 0 Å². The molecule has 0 radical (unpaired) electrons. The van der Waals surface area contributed by atoms with Gasteiger partial charge in [-0.25, -0.2) is 18.0 Å². The number of rotatable bonds is 6. The van der Waals surface area contributed by atoms with Gasteiger partial charge in [0.25, 0.3) is 0 Å². The van der Waals surface area contributed by atoms with Crippen molar-refractivity contribution in [3.63, 3.8) is 0 Å². The van der Waals surface area contributed by atoms with E-state index in [4.69, 9.17) is 14.9 Å². The summed E-state index contributed by atoms with van der Waals surface area (Å²) in [6.07, 6.45) is 1.68. The standard InChI is InChI=1S/C13H19NO4S.C4H4O4/c1-19(16,17)12-4-2-11(3-5-12)13(15)10-14-6-8-18-9-7-14;5-3(6)1-2-4(7)8/h2-5,13,15H,6-10H2,1H3;1-2H,(H,5,6)(H,7,8)/b;2-1+. The third kappa shape index (κ3) is 9.29. The van der Waals surface area contributed by atoms with Gasteiger partial charge in [-0.05, 0) is 17.7 Å². The Kier molecular flexibility index (Phi) is 9.09. The van der Waals surface area contributed by atoms with Crippen molar-refractivity contribution in [2.24, 2.45) is 0 Å². The highest BCUT2D eigenvalue weighted by molar-refractivity contribution is 7.90. The van der Waals surface area contributed by atoms with E-state index in [0.29, 0.717) is 31.9 Å². The highest BCUT2D eigenvalue weighted by atomic mass is 32.2. The molecule has 2 rings (SSSR count). The molecule has 0 aliphatic carbocycles. The Morgan fingerprint density at radius 3 is 2.00 bits per heavy atom. The first-order valence-electron chi connectivity index (χ1n) is 8.01. The van der Waals surface area contributed by atoms with Crippen LogP contribution in [-0.4, -0.2) is 79.7 Å². The van der Waals surface area contributed by atoms with Gasteiger partial charge < -0.3 is 20.1 Å². The van der Waals surface area contributed by atoms with E-state index in [9.17, 15) is 23.1 Å².